The molecule has 3 aliphatic rings. The second kappa shape index (κ2) is 18.0. The van der Waals surface area contributed by atoms with E-state index in [1.165, 1.54) is 6.26 Å². The zero-order valence-corrected chi connectivity index (χ0v) is 31.9. The van der Waals surface area contributed by atoms with E-state index in [1.54, 1.807) is 26.2 Å². The Morgan fingerprint density at radius 3 is 2.43 bits per heavy atom. The van der Waals surface area contributed by atoms with Crippen molar-refractivity contribution in [3.8, 4) is 5.75 Å². The highest BCUT2D eigenvalue weighted by Crippen LogP contribution is 2.36. The van der Waals surface area contributed by atoms with Crippen molar-refractivity contribution in [2.24, 2.45) is 22.2 Å². The van der Waals surface area contributed by atoms with E-state index in [2.05, 4.69) is 45.3 Å². The SMILES string of the molecule is CNC(=O)NCC1CCN(CC2C=C(C(C)(C)/C=C(Cl)\C=C(/C)Cl)N=C(Oc3ccc(N4CCN(CCCS(C)(=O)=O)CC4)nc3)C2)CC1. The molecule has 0 spiro atoms. The van der Waals surface area contributed by atoms with Gasteiger partial charge in [0.05, 0.1) is 11.9 Å². The number of allylic oxidation sites excluding steroid dienone is 4. The summed E-state index contributed by atoms with van der Waals surface area (Å²) in [7, 11) is -1.29. The number of carbonyl (C=O) groups is 1. The predicted octanol–water partition coefficient (Wildman–Crippen LogP) is 5.25. The minimum absolute atomic E-state index is 0.133. The summed E-state index contributed by atoms with van der Waals surface area (Å²) in [6, 6.07) is 3.80. The molecule has 2 N–H and O–H groups in total. The normalized spacial score (nSPS) is 20.9. The van der Waals surface area contributed by atoms with Crippen LogP contribution in [0.4, 0.5) is 10.6 Å². The number of hydrogen-bond acceptors (Lipinski definition) is 9. The second-order valence-electron chi connectivity index (χ2n) is 14.0. The standard InChI is InChI=1S/C35H53Cl2N7O4S/c1-26(36)19-29(37)22-35(2,3)31-20-28(25-43-12-9-27(10-13-43)23-40-34(45)38-4)21-33(41-31)48-30-7-8-32(39-24-30)44-16-14-42(15-17-44)11-6-18-49(5,46)47/h7-8,19-20,22,24,27-28H,6,9-18,21,23,25H2,1-5H3,(H2,38,40,45)/b26-19+,29-22+. The first kappa shape index (κ1) is 39.2. The molecular formula is C35H53Cl2N7O4S. The van der Waals surface area contributed by atoms with Gasteiger partial charge in [0.15, 0.2) is 5.90 Å². The number of nitrogens with one attached hydrogen (secondary N) is 2. The summed E-state index contributed by atoms with van der Waals surface area (Å²) in [4.78, 5) is 28.4. The Labute approximate surface area is 302 Å². The molecule has 49 heavy (non-hydrogen) atoms. The number of halogens is 2. The smallest absolute Gasteiger partial charge is 0.314 e. The van der Waals surface area contributed by atoms with Gasteiger partial charge in [0, 0.05) is 86.1 Å². The Balaban J connectivity index is 1.40. The van der Waals surface area contributed by atoms with Crippen molar-refractivity contribution in [1.82, 2.24) is 25.4 Å². The molecule has 4 heterocycles. The summed E-state index contributed by atoms with van der Waals surface area (Å²) < 4.78 is 29.3. The Bertz CT molecular complexity index is 1490. The van der Waals surface area contributed by atoms with Gasteiger partial charge in [-0.05, 0) is 69.9 Å². The number of aromatic nitrogens is 1. The summed E-state index contributed by atoms with van der Waals surface area (Å²) in [5.74, 6) is 3.07. The van der Waals surface area contributed by atoms with Crippen molar-refractivity contribution in [2.75, 3.05) is 82.9 Å². The molecule has 0 bridgehead atoms. The molecule has 272 valence electrons. The summed E-state index contributed by atoms with van der Waals surface area (Å²) in [5.41, 5.74) is 0.419. The van der Waals surface area contributed by atoms with Crippen LogP contribution in [-0.2, 0) is 9.84 Å². The zero-order valence-electron chi connectivity index (χ0n) is 29.6. The number of urea groups is 1. The number of piperidine rings is 1. The van der Waals surface area contributed by atoms with Gasteiger partial charge in [-0.15, -0.1) is 0 Å². The number of anilines is 1. The van der Waals surface area contributed by atoms with Crippen LogP contribution < -0.4 is 20.3 Å². The molecular weight excluding hydrogens is 685 g/mol. The van der Waals surface area contributed by atoms with Crippen LogP contribution in [0.1, 0.15) is 46.5 Å². The first-order valence-electron chi connectivity index (χ1n) is 17.2. The molecule has 1 aromatic heterocycles. The van der Waals surface area contributed by atoms with Gasteiger partial charge in [0.1, 0.15) is 21.4 Å². The van der Waals surface area contributed by atoms with Crippen LogP contribution in [0, 0.1) is 17.3 Å². The van der Waals surface area contributed by atoms with Gasteiger partial charge in [-0.1, -0.05) is 49.2 Å². The lowest BCUT2D eigenvalue weighted by molar-refractivity contribution is 0.167. The van der Waals surface area contributed by atoms with Crippen molar-refractivity contribution in [1.29, 1.82) is 0 Å². The van der Waals surface area contributed by atoms with Crippen LogP contribution >= 0.6 is 23.2 Å². The molecule has 3 aliphatic heterocycles. The molecule has 0 radical (unpaired) electrons. The van der Waals surface area contributed by atoms with E-state index in [1.807, 2.05) is 18.2 Å². The van der Waals surface area contributed by atoms with E-state index in [0.717, 1.165) is 76.7 Å². The van der Waals surface area contributed by atoms with Crippen molar-refractivity contribution in [3.05, 3.63) is 52.3 Å². The molecule has 1 aromatic rings. The monoisotopic (exact) mass is 737 g/mol. The first-order chi connectivity index (χ1) is 23.2. The molecule has 0 saturated carbocycles. The number of pyridine rings is 1. The molecule has 2 amide bonds. The molecule has 2 saturated heterocycles. The fourth-order valence-electron chi connectivity index (χ4n) is 6.45. The van der Waals surface area contributed by atoms with E-state index < -0.39 is 15.3 Å². The number of carbonyl (C=O) groups excluding carboxylic acids is 1. The molecule has 0 aliphatic carbocycles. The largest absolute Gasteiger partial charge is 0.441 e. The van der Waals surface area contributed by atoms with Crippen molar-refractivity contribution in [3.63, 3.8) is 0 Å². The van der Waals surface area contributed by atoms with Crippen molar-refractivity contribution < 1.29 is 17.9 Å². The maximum atomic E-state index is 11.6. The van der Waals surface area contributed by atoms with Crippen molar-refractivity contribution >= 4 is 50.8 Å². The molecule has 1 atom stereocenters. The van der Waals surface area contributed by atoms with Crippen LogP contribution in [-0.4, -0.2) is 113 Å². The number of ether oxygens (including phenoxy) is 1. The Morgan fingerprint density at radius 2 is 1.82 bits per heavy atom. The van der Waals surface area contributed by atoms with Crippen LogP contribution in [0.3, 0.4) is 0 Å². The Hall–Kier alpha value is -2.64. The topological polar surface area (TPSA) is 119 Å². The number of piperazine rings is 1. The van der Waals surface area contributed by atoms with E-state index in [4.69, 9.17) is 37.9 Å². The summed E-state index contributed by atoms with van der Waals surface area (Å²) in [6.45, 7) is 13.7. The quantitative estimate of drug-likeness (QED) is 0.264. The molecule has 4 rings (SSSR count). The fraction of sp³-hybridized carbons (Fsp3) is 0.629. The van der Waals surface area contributed by atoms with Gasteiger partial charge in [0.25, 0.3) is 0 Å². The zero-order chi connectivity index (χ0) is 35.6. The first-order valence-corrected chi connectivity index (χ1v) is 20.0. The second-order valence-corrected chi connectivity index (χ2v) is 17.3. The number of amides is 2. The van der Waals surface area contributed by atoms with Gasteiger partial charge in [0.2, 0.25) is 0 Å². The lowest BCUT2D eigenvalue weighted by atomic mass is 9.84. The Kier molecular flexibility index (Phi) is 14.4. The molecule has 0 aromatic carbocycles. The van der Waals surface area contributed by atoms with Crippen molar-refractivity contribution in [2.45, 2.75) is 46.5 Å². The number of likely N-dealkylation sites (tertiary alicyclic amines) is 1. The summed E-state index contributed by atoms with van der Waals surface area (Å²) >= 11 is 12.6. The number of sulfone groups is 1. The number of rotatable bonds is 13. The van der Waals surface area contributed by atoms with Crippen LogP contribution in [0.15, 0.2) is 57.3 Å². The van der Waals surface area contributed by atoms with Gasteiger partial charge in [-0.2, -0.15) is 0 Å². The van der Waals surface area contributed by atoms with E-state index in [9.17, 15) is 13.2 Å². The van der Waals surface area contributed by atoms with E-state index >= 15 is 0 Å². The minimum Gasteiger partial charge on any atom is -0.441 e. The highest BCUT2D eigenvalue weighted by atomic mass is 35.5. The highest BCUT2D eigenvalue weighted by Gasteiger charge is 2.30. The third kappa shape index (κ3) is 13.2. The van der Waals surface area contributed by atoms with Gasteiger partial charge in [-0.3, -0.25) is 4.90 Å². The van der Waals surface area contributed by atoms with Crippen LogP contribution in [0.2, 0.25) is 0 Å². The lowest BCUT2D eigenvalue weighted by Gasteiger charge is -2.35. The molecule has 2 fully saturated rings. The molecule has 14 heteroatoms. The maximum Gasteiger partial charge on any atom is 0.314 e. The minimum atomic E-state index is -2.93. The Morgan fingerprint density at radius 1 is 1.10 bits per heavy atom. The number of aliphatic imine (C=N–C) groups is 1. The highest BCUT2D eigenvalue weighted by molar-refractivity contribution is 7.90. The average molecular weight is 739 g/mol. The molecule has 11 nitrogen and oxygen atoms in total. The molecule has 1 unspecified atom stereocenters. The number of nitrogens with zero attached hydrogens (tertiary/aromatic N) is 5. The average Bonchev–Trinajstić information content (AvgIpc) is 3.03. The van der Waals surface area contributed by atoms with Gasteiger partial charge < -0.3 is 25.2 Å². The summed E-state index contributed by atoms with van der Waals surface area (Å²) in [6.07, 6.45) is 12.4. The van der Waals surface area contributed by atoms with E-state index in [0.29, 0.717) is 47.0 Å². The number of hydrogen-bond donors (Lipinski definition) is 2. The fourth-order valence-corrected chi connectivity index (χ4v) is 7.72. The summed E-state index contributed by atoms with van der Waals surface area (Å²) in [5, 5.41) is 6.73. The predicted molar refractivity (Wildman–Crippen MR) is 200 cm³/mol. The maximum absolute atomic E-state index is 11.6. The van der Waals surface area contributed by atoms with Crippen LogP contribution in [0.25, 0.3) is 0 Å². The lowest BCUT2D eigenvalue weighted by Crippen LogP contribution is -2.47. The van der Waals surface area contributed by atoms with Crippen LogP contribution in [0.5, 0.6) is 5.75 Å². The van der Waals surface area contributed by atoms with Gasteiger partial charge in [-0.25, -0.2) is 23.2 Å². The van der Waals surface area contributed by atoms with Gasteiger partial charge >= 0.3 is 6.03 Å². The third-order valence-corrected chi connectivity index (χ3v) is 10.5. The van der Waals surface area contributed by atoms with E-state index in [-0.39, 0.29) is 17.7 Å². The third-order valence-electron chi connectivity index (χ3n) is 9.19.